The summed E-state index contributed by atoms with van der Waals surface area (Å²) in [5.41, 5.74) is 12.5. The van der Waals surface area contributed by atoms with Crippen LogP contribution in [0.2, 0.25) is 0 Å². The van der Waals surface area contributed by atoms with Crippen molar-refractivity contribution < 1.29 is 0 Å². The molecule has 0 fully saturated rings. The average molecular weight is 537 g/mol. The first kappa shape index (κ1) is 23.5. The van der Waals surface area contributed by atoms with Crippen molar-refractivity contribution in [2.75, 3.05) is 0 Å². The molecule has 42 heavy (non-hydrogen) atoms. The van der Waals surface area contributed by atoms with Crippen molar-refractivity contribution in [1.82, 2.24) is 9.55 Å². The molecular weight excluding hydrogens is 508 g/mol. The van der Waals surface area contributed by atoms with E-state index in [1.54, 1.807) is 0 Å². The SMILES string of the molecule is CC1(C)c2ccccc2-c2cc3c4ccccc4n(-c4ccccc4-c4cccc5ccc6cccnc6c45)c3cc21. The Kier molecular flexibility index (Phi) is 4.70. The second-order valence-corrected chi connectivity index (χ2v) is 12.0. The van der Waals surface area contributed by atoms with E-state index in [2.05, 4.69) is 140 Å². The first-order valence-electron chi connectivity index (χ1n) is 14.6. The summed E-state index contributed by atoms with van der Waals surface area (Å²) in [6.45, 7) is 4.72. The number of fused-ring (bicyclic) bond motifs is 9. The number of hydrogen-bond donors (Lipinski definition) is 0. The van der Waals surface area contributed by atoms with Crippen molar-refractivity contribution in [3.05, 3.63) is 145 Å². The lowest BCUT2D eigenvalue weighted by Crippen LogP contribution is -2.15. The summed E-state index contributed by atoms with van der Waals surface area (Å²) in [5, 5.41) is 6.12. The van der Waals surface area contributed by atoms with Gasteiger partial charge in [-0.25, -0.2) is 0 Å². The van der Waals surface area contributed by atoms with E-state index in [1.807, 2.05) is 12.3 Å². The van der Waals surface area contributed by atoms with Crippen LogP contribution in [0.3, 0.4) is 0 Å². The Hall–Kier alpha value is -5.21. The molecule has 6 aromatic carbocycles. The van der Waals surface area contributed by atoms with Crippen LogP contribution >= 0.6 is 0 Å². The minimum Gasteiger partial charge on any atom is -0.309 e. The number of aromatic nitrogens is 2. The van der Waals surface area contributed by atoms with E-state index in [1.165, 1.54) is 71.6 Å². The van der Waals surface area contributed by atoms with Crippen LogP contribution in [-0.4, -0.2) is 9.55 Å². The van der Waals surface area contributed by atoms with Crippen molar-refractivity contribution in [2.45, 2.75) is 19.3 Å². The lowest BCUT2D eigenvalue weighted by Gasteiger charge is -2.22. The summed E-state index contributed by atoms with van der Waals surface area (Å²) in [6.07, 6.45) is 1.90. The van der Waals surface area contributed by atoms with E-state index in [-0.39, 0.29) is 5.41 Å². The van der Waals surface area contributed by atoms with Gasteiger partial charge >= 0.3 is 0 Å². The van der Waals surface area contributed by atoms with Gasteiger partial charge in [0, 0.05) is 38.7 Å². The topological polar surface area (TPSA) is 17.8 Å². The number of rotatable bonds is 2. The number of hydrogen-bond acceptors (Lipinski definition) is 1. The summed E-state index contributed by atoms with van der Waals surface area (Å²) >= 11 is 0. The summed E-state index contributed by atoms with van der Waals surface area (Å²) in [6, 6.07) is 46.7. The van der Waals surface area contributed by atoms with Gasteiger partial charge in [0.15, 0.2) is 0 Å². The van der Waals surface area contributed by atoms with Gasteiger partial charge in [-0.1, -0.05) is 111 Å². The van der Waals surface area contributed by atoms with Gasteiger partial charge in [0.05, 0.1) is 22.2 Å². The van der Waals surface area contributed by atoms with Crippen molar-refractivity contribution in [3.8, 4) is 27.9 Å². The predicted octanol–water partition coefficient (Wildman–Crippen LogP) is 10.5. The van der Waals surface area contributed by atoms with Crippen LogP contribution in [0.4, 0.5) is 0 Å². The molecule has 8 aromatic rings. The summed E-state index contributed by atoms with van der Waals surface area (Å²) in [5.74, 6) is 0. The quantitative estimate of drug-likeness (QED) is 0.201. The number of para-hydroxylation sites is 2. The van der Waals surface area contributed by atoms with Crippen molar-refractivity contribution in [2.24, 2.45) is 0 Å². The molecule has 1 aliphatic rings. The number of nitrogens with zero attached hydrogens (tertiary/aromatic N) is 2. The highest BCUT2D eigenvalue weighted by molar-refractivity contribution is 6.15. The van der Waals surface area contributed by atoms with Gasteiger partial charge in [-0.15, -0.1) is 0 Å². The number of pyridine rings is 1. The minimum atomic E-state index is -0.0683. The Balaban J connectivity index is 1.40. The maximum absolute atomic E-state index is 4.86. The molecule has 1 aliphatic carbocycles. The standard InChI is InChI=1S/C40H28N2/c1-40(2)33-17-6-3-13-27(33)31-23-32-29-15-5-8-19-36(29)42(37(32)24-34(31)40)35-18-7-4-14-28(35)30-16-9-11-25-20-21-26-12-10-22-41-39(26)38(25)30/h3-24H,1-2H3. The first-order chi connectivity index (χ1) is 20.6. The monoisotopic (exact) mass is 536 g/mol. The van der Waals surface area contributed by atoms with E-state index in [4.69, 9.17) is 4.98 Å². The molecular formula is C40H28N2. The molecule has 0 aliphatic heterocycles. The van der Waals surface area contributed by atoms with Crippen molar-refractivity contribution in [3.63, 3.8) is 0 Å². The summed E-state index contributed by atoms with van der Waals surface area (Å²) in [7, 11) is 0. The Morgan fingerprint density at radius 3 is 2.19 bits per heavy atom. The molecule has 0 bridgehead atoms. The van der Waals surface area contributed by atoms with Gasteiger partial charge in [0.25, 0.3) is 0 Å². The molecule has 2 heteroatoms. The van der Waals surface area contributed by atoms with Crippen LogP contribution < -0.4 is 0 Å². The van der Waals surface area contributed by atoms with Gasteiger partial charge in [0.1, 0.15) is 0 Å². The van der Waals surface area contributed by atoms with Crippen LogP contribution in [0.5, 0.6) is 0 Å². The third kappa shape index (κ3) is 3.07. The highest BCUT2D eigenvalue weighted by atomic mass is 15.0. The molecule has 0 N–H and O–H groups in total. The van der Waals surface area contributed by atoms with Crippen LogP contribution in [-0.2, 0) is 5.41 Å². The molecule has 0 radical (unpaired) electrons. The predicted molar refractivity (Wildman–Crippen MR) is 177 cm³/mol. The van der Waals surface area contributed by atoms with Gasteiger partial charge in [-0.3, -0.25) is 4.98 Å². The van der Waals surface area contributed by atoms with Crippen molar-refractivity contribution >= 4 is 43.5 Å². The molecule has 0 saturated carbocycles. The fourth-order valence-electron chi connectivity index (χ4n) is 7.46. The largest absolute Gasteiger partial charge is 0.309 e. The third-order valence-corrected chi connectivity index (χ3v) is 9.43. The van der Waals surface area contributed by atoms with Crippen LogP contribution in [0.15, 0.2) is 134 Å². The Morgan fingerprint density at radius 2 is 1.26 bits per heavy atom. The van der Waals surface area contributed by atoms with Crippen LogP contribution in [0.1, 0.15) is 25.0 Å². The van der Waals surface area contributed by atoms with E-state index < -0.39 is 0 Å². The maximum Gasteiger partial charge on any atom is 0.0786 e. The Morgan fingerprint density at radius 1 is 0.524 bits per heavy atom. The molecule has 0 saturated heterocycles. The molecule has 0 spiro atoms. The number of benzene rings is 6. The lowest BCUT2D eigenvalue weighted by molar-refractivity contribution is 0.661. The van der Waals surface area contributed by atoms with E-state index in [0.717, 1.165) is 10.9 Å². The van der Waals surface area contributed by atoms with E-state index in [9.17, 15) is 0 Å². The zero-order chi connectivity index (χ0) is 28.0. The van der Waals surface area contributed by atoms with Gasteiger partial charge in [-0.05, 0) is 63.5 Å². The Labute approximate surface area is 244 Å². The summed E-state index contributed by atoms with van der Waals surface area (Å²) < 4.78 is 2.48. The van der Waals surface area contributed by atoms with Crippen LogP contribution in [0.25, 0.3) is 71.4 Å². The maximum atomic E-state index is 4.86. The fourth-order valence-corrected chi connectivity index (χ4v) is 7.46. The third-order valence-electron chi connectivity index (χ3n) is 9.43. The van der Waals surface area contributed by atoms with Crippen molar-refractivity contribution in [1.29, 1.82) is 0 Å². The molecule has 198 valence electrons. The first-order valence-corrected chi connectivity index (χ1v) is 14.6. The fraction of sp³-hybridized carbons (Fsp3) is 0.0750. The lowest BCUT2D eigenvalue weighted by atomic mass is 9.82. The highest BCUT2D eigenvalue weighted by Crippen LogP contribution is 2.51. The molecule has 0 atom stereocenters. The normalized spacial score (nSPS) is 13.7. The second kappa shape index (κ2) is 8.41. The zero-order valence-electron chi connectivity index (χ0n) is 23.6. The molecule has 2 nitrogen and oxygen atoms in total. The smallest absolute Gasteiger partial charge is 0.0786 e. The van der Waals surface area contributed by atoms with Gasteiger partial charge < -0.3 is 4.57 Å². The minimum absolute atomic E-state index is 0.0683. The Bertz CT molecular complexity index is 2390. The molecule has 9 rings (SSSR count). The van der Waals surface area contributed by atoms with E-state index >= 15 is 0 Å². The molecule has 0 amide bonds. The highest BCUT2D eigenvalue weighted by Gasteiger charge is 2.36. The van der Waals surface area contributed by atoms with Crippen LogP contribution in [0, 0.1) is 0 Å². The molecule has 2 heterocycles. The van der Waals surface area contributed by atoms with Gasteiger partial charge in [-0.2, -0.15) is 0 Å². The summed E-state index contributed by atoms with van der Waals surface area (Å²) in [4.78, 5) is 4.86. The molecule has 0 unspecified atom stereocenters. The zero-order valence-corrected chi connectivity index (χ0v) is 23.6. The van der Waals surface area contributed by atoms with E-state index in [0.29, 0.717) is 0 Å². The van der Waals surface area contributed by atoms with Gasteiger partial charge in [0.2, 0.25) is 0 Å². The second-order valence-electron chi connectivity index (χ2n) is 12.0. The average Bonchev–Trinajstić information content (AvgIpc) is 3.48. The molecule has 2 aromatic heterocycles.